The smallest absolute Gasteiger partial charge is 0.159 e. The predicted molar refractivity (Wildman–Crippen MR) is 107 cm³/mol. The molecule has 0 spiro atoms. The minimum atomic E-state index is 0.269. The molecule has 1 aromatic heterocycles. The number of phenols is 1. The molecule has 1 aromatic carbocycles. The van der Waals surface area contributed by atoms with Crippen molar-refractivity contribution in [2.75, 3.05) is 0 Å². The van der Waals surface area contributed by atoms with Gasteiger partial charge in [0, 0.05) is 18.0 Å². The summed E-state index contributed by atoms with van der Waals surface area (Å²) in [5.74, 6) is 2.87. The predicted octanol–water partition coefficient (Wildman–Crippen LogP) is 6.17. The van der Waals surface area contributed by atoms with E-state index in [2.05, 4.69) is 16.9 Å². The Balaban J connectivity index is 1.42. The number of nitrogens with zero attached hydrogens (tertiary/aromatic N) is 2. The summed E-state index contributed by atoms with van der Waals surface area (Å²) in [7, 11) is 0. The van der Waals surface area contributed by atoms with Crippen molar-refractivity contribution in [2.45, 2.75) is 71.1 Å². The molecule has 3 nitrogen and oxygen atoms in total. The minimum absolute atomic E-state index is 0.269. The van der Waals surface area contributed by atoms with Crippen molar-refractivity contribution in [2.24, 2.45) is 11.8 Å². The van der Waals surface area contributed by atoms with Crippen LogP contribution < -0.4 is 0 Å². The van der Waals surface area contributed by atoms with Crippen LogP contribution in [0.5, 0.6) is 5.75 Å². The molecule has 1 aliphatic rings. The molecule has 140 valence electrons. The molecule has 0 atom stereocenters. The van der Waals surface area contributed by atoms with E-state index in [4.69, 9.17) is 0 Å². The van der Waals surface area contributed by atoms with Gasteiger partial charge < -0.3 is 5.11 Å². The highest BCUT2D eigenvalue weighted by Crippen LogP contribution is 2.34. The Hall–Kier alpha value is -1.90. The molecule has 0 saturated heterocycles. The first-order valence-corrected chi connectivity index (χ1v) is 10.3. The molecule has 1 fully saturated rings. The Labute approximate surface area is 157 Å². The summed E-state index contributed by atoms with van der Waals surface area (Å²) >= 11 is 0. The molecule has 1 heterocycles. The van der Waals surface area contributed by atoms with Gasteiger partial charge in [-0.2, -0.15) is 0 Å². The summed E-state index contributed by atoms with van der Waals surface area (Å²) < 4.78 is 0. The molecule has 0 aliphatic heterocycles. The Morgan fingerprint density at radius 2 is 1.50 bits per heavy atom. The van der Waals surface area contributed by atoms with E-state index in [0.29, 0.717) is 0 Å². The maximum absolute atomic E-state index is 9.37. The number of aromatic hydroxyl groups is 1. The zero-order chi connectivity index (χ0) is 18.2. The molecule has 3 rings (SSSR count). The molecule has 2 aromatic rings. The molecule has 1 aliphatic carbocycles. The van der Waals surface area contributed by atoms with Gasteiger partial charge >= 0.3 is 0 Å². The lowest BCUT2D eigenvalue weighted by Gasteiger charge is -2.28. The van der Waals surface area contributed by atoms with Crippen molar-refractivity contribution in [1.29, 1.82) is 0 Å². The van der Waals surface area contributed by atoms with Gasteiger partial charge in [0.1, 0.15) is 5.75 Å². The molecule has 1 saturated carbocycles. The first-order valence-electron chi connectivity index (χ1n) is 10.3. The standard InChI is InChI=1S/C23H32N2O/c1-2-3-4-5-18-6-8-19(9-7-18)10-11-20-16-24-23(25-17-20)21-12-14-22(26)15-13-21/h12-19,26H,2-11H2,1H3/t18-,19-. The van der Waals surface area contributed by atoms with Gasteiger partial charge in [0.2, 0.25) is 0 Å². The third-order valence-electron chi connectivity index (χ3n) is 5.85. The van der Waals surface area contributed by atoms with E-state index in [-0.39, 0.29) is 5.75 Å². The summed E-state index contributed by atoms with van der Waals surface area (Å²) in [6.07, 6.45) is 17.6. The minimum Gasteiger partial charge on any atom is -0.508 e. The molecule has 3 heteroatoms. The van der Waals surface area contributed by atoms with Crippen molar-refractivity contribution in [3.8, 4) is 17.1 Å². The van der Waals surface area contributed by atoms with E-state index in [1.165, 1.54) is 63.4 Å². The quantitative estimate of drug-likeness (QED) is 0.578. The highest BCUT2D eigenvalue weighted by molar-refractivity contribution is 5.55. The number of rotatable bonds is 8. The van der Waals surface area contributed by atoms with E-state index in [0.717, 1.165) is 29.6 Å². The Morgan fingerprint density at radius 3 is 2.12 bits per heavy atom. The van der Waals surface area contributed by atoms with Crippen LogP contribution in [0.2, 0.25) is 0 Å². The second-order valence-corrected chi connectivity index (χ2v) is 7.88. The molecule has 0 radical (unpaired) electrons. The van der Waals surface area contributed by atoms with E-state index < -0.39 is 0 Å². The van der Waals surface area contributed by atoms with Crippen LogP contribution in [-0.4, -0.2) is 15.1 Å². The first kappa shape index (κ1) is 18.9. The number of phenolic OH excluding ortho intramolecular Hbond substituents is 1. The number of hydrogen-bond acceptors (Lipinski definition) is 3. The van der Waals surface area contributed by atoms with E-state index >= 15 is 0 Å². The lowest BCUT2D eigenvalue weighted by atomic mass is 9.78. The first-order chi connectivity index (χ1) is 12.7. The van der Waals surface area contributed by atoms with Crippen LogP contribution in [0.3, 0.4) is 0 Å². The molecular formula is C23H32N2O. The summed E-state index contributed by atoms with van der Waals surface area (Å²) in [6.45, 7) is 2.29. The second-order valence-electron chi connectivity index (χ2n) is 7.88. The van der Waals surface area contributed by atoms with Gasteiger partial charge in [-0.25, -0.2) is 9.97 Å². The van der Waals surface area contributed by atoms with Crippen molar-refractivity contribution in [1.82, 2.24) is 9.97 Å². The lowest BCUT2D eigenvalue weighted by molar-refractivity contribution is 0.249. The van der Waals surface area contributed by atoms with Crippen molar-refractivity contribution >= 4 is 0 Å². The summed E-state index contributed by atoms with van der Waals surface area (Å²) in [6, 6.07) is 7.04. The van der Waals surface area contributed by atoms with Crippen LogP contribution in [0.25, 0.3) is 11.4 Å². The zero-order valence-electron chi connectivity index (χ0n) is 16.0. The van der Waals surface area contributed by atoms with Crippen molar-refractivity contribution < 1.29 is 5.11 Å². The van der Waals surface area contributed by atoms with Gasteiger partial charge in [0.05, 0.1) is 0 Å². The fourth-order valence-electron chi connectivity index (χ4n) is 4.11. The number of aromatic nitrogens is 2. The summed E-state index contributed by atoms with van der Waals surface area (Å²) in [5.41, 5.74) is 2.17. The van der Waals surface area contributed by atoms with Crippen molar-refractivity contribution in [3.05, 3.63) is 42.2 Å². The van der Waals surface area contributed by atoms with Gasteiger partial charge in [-0.1, -0.05) is 58.3 Å². The highest BCUT2D eigenvalue weighted by atomic mass is 16.3. The monoisotopic (exact) mass is 352 g/mol. The zero-order valence-corrected chi connectivity index (χ0v) is 16.0. The molecule has 1 N–H and O–H groups in total. The number of benzene rings is 1. The molecule has 0 bridgehead atoms. The second kappa shape index (κ2) is 9.70. The lowest BCUT2D eigenvalue weighted by Crippen LogP contribution is -2.15. The molecular weight excluding hydrogens is 320 g/mol. The van der Waals surface area contributed by atoms with Crippen LogP contribution in [0, 0.1) is 11.8 Å². The van der Waals surface area contributed by atoms with Crippen LogP contribution in [-0.2, 0) is 6.42 Å². The molecule has 0 amide bonds. The highest BCUT2D eigenvalue weighted by Gasteiger charge is 2.20. The normalized spacial score (nSPS) is 20.2. The topological polar surface area (TPSA) is 46.0 Å². The van der Waals surface area contributed by atoms with E-state index in [1.54, 1.807) is 12.1 Å². The SMILES string of the molecule is CCCCC[C@H]1CC[C@H](CCc2cnc(-c3ccc(O)cc3)nc2)CC1. The third kappa shape index (κ3) is 5.55. The Kier molecular flexibility index (Phi) is 7.04. The van der Waals surface area contributed by atoms with E-state index in [1.807, 2.05) is 24.5 Å². The van der Waals surface area contributed by atoms with Gasteiger partial charge in [0.15, 0.2) is 5.82 Å². The average Bonchev–Trinajstić information content (AvgIpc) is 2.69. The van der Waals surface area contributed by atoms with Gasteiger partial charge in [-0.05, 0) is 54.5 Å². The average molecular weight is 353 g/mol. The number of unbranched alkanes of at least 4 members (excludes halogenated alkanes) is 2. The fraction of sp³-hybridized carbons (Fsp3) is 0.565. The van der Waals surface area contributed by atoms with Crippen LogP contribution >= 0.6 is 0 Å². The third-order valence-corrected chi connectivity index (χ3v) is 5.85. The largest absolute Gasteiger partial charge is 0.508 e. The fourth-order valence-corrected chi connectivity index (χ4v) is 4.11. The maximum atomic E-state index is 9.37. The Morgan fingerprint density at radius 1 is 0.885 bits per heavy atom. The molecule has 26 heavy (non-hydrogen) atoms. The van der Waals surface area contributed by atoms with Crippen LogP contribution in [0.1, 0.15) is 70.3 Å². The van der Waals surface area contributed by atoms with Crippen LogP contribution in [0.4, 0.5) is 0 Å². The maximum Gasteiger partial charge on any atom is 0.159 e. The Bertz CT molecular complexity index is 643. The molecule has 0 unspecified atom stereocenters. The van der Waals surface area contributed by atoms with Gasteiger partial charge in [0.25, 0.3) is 0 Å². The number of hydrogen-bond donors (Lipinski definition) is 1. The van der Waals surface area contributed by atoms with Crippen LogP contribution in [0.15, 0.2) is 36.7 Å². The summed E-state index contributed by atoms with van der Waals surface area (Å²) in [4.78, 5) is 9.01. The van der Waals surface area contributed by atoms with Gasteiger partial charge in [-0.3, -0.25) is 0 Å². The van der Waals surface area contributed by atoms with Crippen molar-refractivity contribution in [3.63, 3.8) is 0 Å². The summed E-state index contributed by atoms with van der Waals surface area (Å²) in [5, 5.41) is 9.37. The number of aryl methyl sites for hydroxylation is 1. The van der Waals surface area contributed by atoms with E-state index in [9.17, 15) is 5.11 Å². The van der Waals surface area contributed by atoms with Gasteiger partial charge in [-0.15, -0.1) is 0 Å².